The van der Waals surface area contributed by atoms with Crippen LogP contribution in [0.25, 0.3) is 0 Å². The Kier molecular flexibility index (Phi) is 4.42. The summed E-state index contributed by atoms with van der Waals surface area (Å²) < 4.78 is 0. The number of para-hydroxylation sites is 1. The first-order valence-corrected chi connectivity index (χ1v) is 7.34. The fourth-order valence-electron chi connectivity index (χ4n) is 2.24. The molecule has 1 aromatic heterocycles. The van der Waals surface area contributed by atoms with Crippen LogP contribution in [0.1, 0.15) is 17.3 Å². The van der Waals surface area contributed by atoms with E-state index < -0.39 is 5.92 Å². The molecule has 1 atom stereocenters. The van der Waals surface area contributed by atoms with Gasteiger partial charge in [-0.25, -0.2) is 5.43 Å². The molecule has 0 bridgehead atoms. The van der Waals surface area contributed by atoms with Crippen LogP contribution in [0.3, 0.4) is 0 Å². The van der Waals surface area contributed by atoms with E-state index in [1.54, 1.807) is 37.4 Å². The maximum atomic E-state index is 12.5. The highest BCUT2D eigenvalue weighted by molar-refractivity contribution is 6.23. The first kappa shape index (κ1) is 15.5. The molecule has 7 heteroatoms. The Hall–Kier alpha value is -3.35. The number of benzene rings is 1. The summed E-state index contributed by atoms with van der Waals surface area (Å²) in [6.45, 7) is 1.75. The van der Waals surface area contributed by atoms with Crippen LogP contribution in [0.5, 0.6) is 0 Å². The van der Waals surface area contributed by atoms with Gasteiger partial charge < -0.3 is 0 Å². The minimum Gasteiger partial charge on any atom is -0.271 e. The summed E-state index contributed by atoms with van der Waals surface area (Å²) in [5.74, 6) is -1.20. The lowest BCUT2D eigenvalue weighted by Crippen LogP contribution is -2.29. The summed E-state index contributed by atoms with van der Waals surface area (Å²) in [6, 6.07) is 12.4. The molecule has 1 aliphatic heterocycles. The second kappa shape index (κ2) is 6.82. The highest BCUT2D eigenvalue weighted by Gasteiger charge is 2.33. The highest BCUT2D eigenvalue weighted by atomic mass is 16.2. The summed E-state index contributed by atoms with van der Waals surface area (Å²) in [4.78, 5) is 28.2. The van der Waals surface area contributed by atoms with Gasteiger partial charge in [0.25, 0.3) is 11.8 Å². The Morgan fingerprint density at radius 2 is 2.04 bits per heavy atom. The van der Waals surface area contributed by atoms with Crippen LogP contribution in [0.4, 0.5) is 5.69 Å². The zero-order valence-corrected chi connectivity index (χ0v) is 13.0. The lowest BCUT2D eigenvalue weighted by Gasteiger charge is -2.12. The van der Waals surface area contributed by atoms with Gasteiger partial charge in [-0.15, -0.1) is 0 Å². The predicted molar refractivity (Wildman–Crippen MR) is 90.7 cm³/mol. The van der Waals surface area contributed by atoms with Crippen molar-refractivity contribution in [3.63, 3.8) is 0 Å². The van der Waals surface area contributed by atoms with Crippen molar-refractivity contribution >= 4 is 29.4 Å². The Bertz CT molecular complexity index is 802. The molecule has 0 saturated carbocycles. The number of nitrogens with one attached hydrogen (secondary N) is 1. The Balaban J connectivity index is 1.67. The zero-order chi connectivity index (χ0) is 16.9. The second-order valence-electron chi connectivity index (χ2n) is 5.17. The number of hydrogen-bond donors (Lipinski definition) is 1. The van der Waals surface area contributed by atoms with Gasteiger partial charge in [0.05, 0.1) is 17.0 Å². The van der Waals surface area contributed by atoms with Crippen molar-refractivity contribution in [3.8, 4) is 0 Å². The van der Waals surface area contributed by atoms with E-state index >= 15 is 0 Å². The van der Waals surface area contributed by atoms with Crippen LogP contribution in [-0.4, -0.2) is 28.7 Å². The third-order valence-electron chi connectivity index (χ3n) is 3.50. The molecule has 0 saturated heterocycles. The largest absolute Gasteiger partial charge is 0.272 e. The first-order valence-electron chi connectivity index (χ1n) is 7.34. The summed E-state index contributed by atoms with van der Waals surface area (Å²) >= 11 is 0. The minimum atomic E-state index is -0.598. The van der Waals surface area contributed by atoms with Gasteiger partial charge in [-0.05, 0) is 31.2 Å². The maximum absolute atomic E-state index is 12.5. The van der Waals surface area contributed by atoms with E-state index in [1.165, 1.54) is 17.4 Å². The summed E-state index contributed by atoms with van der Waals surface area (Å²) in [5, 5.41) is 9.48. The van der Waals surface area contributed by atoms with Gasteiger partial charge in [0.1, 0.15) is 5.92 Å². The molecule has 24 heavy (non-hydrogen) atoms. The third kappa shape index (κ3) is 3.19. The average molecular weight is 321 g/mol. The lowest BCUT2D eigenvalue weighted by atomic mass is 10.1. The molecule has 7 nitrogen and oxygen atoms in total. The number of amides is 2. The van der Waals surface area contributed by atoms with Gasteiger partial charge in [-0.3, -0.25) is 14.6 Å². The summed E-state index contributed by atoms with van der Waals surface area (Å²) in [6.07, 6.45) is 4.41. The van der Waals surface area contributed by atoms with Crippen molar-refractivity contribution in [3.05, 3.63) is 60.4 Å². The summed E-state index contributed by atoms with van der Waals surface area (Å²) in [5.41, 5.74) is 4.08. The average Bonchev–Trinajstić information content (AvgIpc) is 2.91. The zero-order valence-electron chi connectivity index (χ0n) is 13.0. The SMILES string of the molecule is CC1=NN(c2ccccc2)C(=O)[C@H]1/C=N\NC(=O)c1cccnc1. The molecule has 2 amide bonds. The van der Waals surface area contributed by atoms with Gasteiger partial charge in [0, 0.05) is 18.6 Å². The van der Waals surface area contributed by atoms with E-state index in [0.29, 0.717) is 17.0 Å². The molecule has 2 heterocycles. The fourth-order valence-corrected chi connectivity index (χ4v) is 2.24. The lowest BCUT2D eigenvalue weighted by molar-refractivity contribution is -0.118. The van der Waals surface area contributed by atoms with E-state index in [-0.39, 0.29) is 11.8 Å². The Labute approximate surface area is 138 Å². The third-order valence-corrected chi connectivity index (χ3v) is 3.50. The molecule has 0 radical (unpaired) electrons. The number of anilines is 1. The van der Waals surface area contributed by atoms with E-state index in [4.69, 9.17) is 0 Å². The van der Waals surface area contributed by atoms with Crippen molar-refractivity contribution in [2.45, 2.75) is 6.92 Å². The van der Waals surface area contributed by atoms with Crippen molar-refractivity contribution in [2.75, 3.05) is 5.01 Å². The molecular weight excluding hydrogens is 306 g/mol. The molecule has 0 aliphatic carbocycles. The molecule has 0 spiro atoms. The van der Waals surface area contributed by atoms with E-state index in [0.717, 1.165) is 0 Å². The second-order valence-corrected chi connectivity index (χ2v) is 5.17. The number of hydrazone groups is 2. The molecule has 0 fully saturated rings. The molecule has 0 unspecified atom stereocenters. The number of hydrogen-bond acceptors (Lipinski definition) is 5. The van der Waals surface area contributed by atoms with Crippen molar-refractivity contribution in [1.82, 2.24) is 10.4 Å². The number of nitrogens with zero attached hydrogens (tertiary/aromatic N) is 4. The standard InChI is InChI=1S/C17H15N5O2/c1-12-15(11-19-20-16(23)13-6-5-9-18-10-13)17(24)22(21-12)14-7-3-2-4-8-14/h2-11,15H,1H3,(H,20,23)/b19-11-/t15-/m0/s1. The van der Waals surface area contributed by atoms with Crippen LogP contribution in [0.15, 0.2) is 65.1 Å². The number of pyridine rings is 1. The van der Waals surface area contributed by atoms with Gasteiger partial charge in [-0.2, -0.15) is 15.2 Å². The molecule has 1 aromatic carbocycles. The van der Waals surface area contributed by atoms with Gasteiger partial charge in [-0.1, -0.05) is 18.2 Å². The number of rotatable bonds is 4. The molecule has 1 N–H and O–H groups in total. The van der Waals surface area contributed by atoms with E-state index in [1.807, 2.05) is 18.2 Å². The Morgan fingerprint density at radius 1 is 1.25 bits per heavy atom. The highest BCUT2D eigenvalue weighted by Crippen LogP contribution is 2.22. The van der Waals surface area contributed by atoms with Crippen molar-refractivity contribution < 1.29 is 9.59 Å². The van der Waals surface area contributed by atoms with Gasteiger partial charge in [0.2, 0.25) is 0 Å². The molecule has 1 aliphatic rings. The quantitative estimate of drug-likeness (QED) is 0.688. The maximum Gasteiger partial charge on any atom is 0.272 e. The molecule has 3 rings (SSSR count). The van der Waals surface area contributed by atoms with Crippen LogP contribution in [-0.2, 0) is 4.79 Å². The van der Waals surface area contributed by atoms with Crippen LogP contribution >= 0.6 is 0 Å². The fraction of sp³-hybridized carbons (Fsp3) is 0.118. The topological polar surface area (TPSA) is 87.0 Å². The van der Waals surface area contributed by atoms with Gasteiger partial charge in [0.15, 0.2) is 0 Å². The van der Waals surface area contributed by atoms with Crippen molar-refractivity contribution in [2.24, 2.45) is 16.1 Å². The molecular formula is C17H15N5O2. The molecule has 2 aromatic rings. The number of aromatic nitrogens is 1. The first-order chi connectivity index (χ1) is 11.7. The van der Waals surface area contributed by atoms with E-state index in [2.05, 4.69) is 20.6 Å². The Morgan fingerprint density at radius 3 is 2.75 bits per heavy atom. The van der Waals surface area contributed by atoms with Gasteiger partial charge >= 0.3 is 0 Å². The van der Waals surface area contributed by atoms with Crippen LogP contribution < -0.4 is 10.4 Å². The summed E-state index contributed by atoms with van der Waals surface area (Å²) in [7, 11) is 0. The molecule has 120 valence electrons. The number of carbonyl (C=O) groups excluding carboxylic acids is 2. The van der Waals surface area contributed by atoms with E-state index in [9.17, 15) is 9.59 Å². The number of carbonyl (C=O) groups is 2. The smallest absolute Gasteiger partial charge is 0.271 e. The minimum absolute atomic E-state index is 0.210. The van der Waals surface area contributed by atoms with Crippen LogP contribution in [0.2, 0.25) is 0 Å². The van der Waals surface area contributed by atoms with Crippen LogP contribution in [0, 0.1) is 5.92 Å². The van der Waals surface area contributed by atoms with Crippen molar-refractivity contribution in [1.29, 1.82) is 0 Å². The monoisotopic (exact) mass is 321 g/mol. The normalized spacial score (nSPS) is 17.2. The predicted octanol–water partition coefficient (Wildman–Crippen LogP) is 1.84.